The molecular weight excluding hydrogens is 344 g/mol. The zero-order valence-electron chi connectivity index (χ0n) is 15.9. The first-order valence-electron chi connectivity index (χ1n) is 9.76. The molecule has 5 heteroatoms. The summed E-state index contributed by atoms with van der Waals surface area (Å²) in [5, 5.41) is 32.0. The van der Waals surface area contributed by atoms with Crippen LogP contribution in [0.5, 0.6) is 0 Å². The van der Waals surface area contributed by atoms with Gasteiger partial charge in [-0.15, -0.1) is 0 Å². The van der Waals surface area contributed by atoms with E-state index in [1.165, 1.54) is 0 Å². The summed E-state index contributed by atoms with van der Waals surface area (Å²) in [7, 11) is 0. The van der Waals surface area contributed by atoms with Crippen LogP contribution in [0.25, 0.3) is 0 Å². The number of fused-ring (bicyclic) bond motifs is 5. The summed E-state index contributed by atoms with van der Waals surface area (Å²) in [4.78, 5) is 24.3. The van der Waals surface area contributed by atoms with Crippen LogP contribution < -0.4 is 0 Å². The third-order valence-electron chi connectivity index (χ3n) is 8.24. The van der Waals surface area contributed by atoms with Crippen molar-refractivity contribution in [1.29, 1.82) is 0 Å². The van der Waals surface area contributed by atoms with Crippen LogP contribution in [0.1, 0.15) is 39.5 Å². The highest BCUT2D eigenvalue weighted by Gasteiger charge is 2.69. The maximum absolute atomic E-state index is 12.5. The lowest BCUT2D eigenvalue weighted by Crippen LogP contribution is -2.62. The summed E-state index contributed by atoms with van der Waals surface area (Å²) in [6.07, 6.45) is 6.87. The van der Waals surface area contributed by atoms with Crippen molar-refractivity contribution in [3.63, 3.8) is 0 Å². The molecule has 7 atom stereocenters. The fourth-order valence-electron chi connectivity index (χ4n) is 6.91. The maximum atomic E-state index is 12.5. The van der Waals surface area contributed by atoms with Gasteiger partial charge < -0.3 is 15.3 Å². The molecule has 4 aliphatic rings. The van der Waals surface area contributed by atoms with E-state index in [-0.39, 0.29) is 35.4 Å². The smallest absolute Gasteiger partial charge is 0.194 e. The monoisotopic (exact) mass is 372 g/mol. The number of hydrogen-bond acceptors (Lipinski definition) is 5. The Hall–Kier alpha value is -1.56. The van der Waals surface area contributed by atoms with Gasteiger partial charge in [0, 0.05) is 16.7 Å². The Morgan fingerprint density at radius 2 is 2.07 bits per heavy atom. The SMILES string of the molecule is C=C1CC2C3CCC4=CC(=O)C=C[C@]4(C)C3C(O)C[C@]2(C)[C@@]1(O)C(=O)CO. The summed E-state index contributed by atoms with van der Waals surface area (Å²) < 4.78 is 0. The van der Waals surface area contributed by atoms with E-state index in [0.717, 1.165) is 18.4 Å². The highest BCUT2D eigenvalue weighted by Crippen LogP contribution is 2.67. The molecule has 5 nitrogen and oxygen atoms in total. The molecule has 4 aliphatic carbocycles. The Balaban J connectivity index is 1.79. The minimum Gasteiger partial charge on any atom is -0.393 e. The number of rotatable bonds is 2. The summed E-state index contributed by atoms with van der Waals surface area (Å²) in [5.74, 6) is -0.597. The normalized spacial score (nSPS) is 48.6. The summed E-state index contributed by atoms with van der Waals surface area (Å²) in [6, 6.07) is 0. The molecule has 0 aromatic heterocycles. The average Bonchev–Trinajstić information content (AvgIpc) is 2.82. The molecule has 0 radical (unpaired) electrons. The molecule has 3 saturated carbocycles. The lowest BCUT2D eigenvalue weighted by molar-refractivity contribution is -0.173. The molecule has 4 rings (SSSR count). The molecule has 3 N–H and O–H groups in total. The number of hydrogen-bond donors (Lipinski definition) is 3. The second-order valence-electron chi connectivity index (χ2n) is 9.31. The third kappa shape index (κ3) is 2.16. The average molecular weight is 372 g/mol. The molecule has 0 aliphatic heterocycles. The minimum atomic E-state index is -1.80. The molecule has 27 heavy (non-hydrogen) atoms. The number of Topliss-reactive ketones (excluding diaryl/α,β-unsaturated/α-hetero) is 1. The number of allylic oxidation sites excluding steroid dienone is 4. The molecule has 0 heterocycles. The van der Waals surface area contributed by atoms with Crippen molar-refractivity contribution < 1.29 is 24.9 Å². The van der Waals surface area contributed by atoms with Gasteiger partial charge in [-0.3, -0.25) is 9.59 Å². The van der Waals surface area contributed by atoms with Crippen molar-refractivity contribution in [2.75, 3.05) is 6.61 Å². The second kappa shape index (κ2) is 5.72. The summed E-state index contributed by atoms with van der Waals surface area (Å²) in [6.45, 7) is 7.19. The van der Waals surface area contributed by atoms with Gasteiger partial charge in [0.2, 0.25) is 0 Å². The molecule has 0 spiro atoms. The molecule has 3 fully saturated rings. The molecule has 0 aromatic rings. The Bertz CT molecular complexity index is 795. The fraction of sp³-hybridized carbons (Fsp3) is 0.636. The second-order valence-corrected chi connectivity index (χ2v) is 9.31. The molecule has 0 aromatic carbocycles. The fourth-order valence-corrected chi connectivity index (χ4v) is 6.91. The van der Waals surface area contributed by atoms with E-state index in [1.807, 2.05) is 13.0 Å². The molecule has 0 bridgehead atoms. The van der Waals surface area contributed by atoms with Gasteiger partial charge in [-0.25, -0.2) is 0 Å². The topological polar surface area (TPSA) is 94.8 Å². The molecule has 4 unspecified atom stereocenters. The Kier molecular flexibility index (Phi) is 3.98. The van der Waals surface area contributed by atoms with Crippen molar-refractivity contribution in [2.45, 2.75) is 51.2 Å². The molecule has 146 valence electrons. The highest BCUT2D eigenvalue weighted by atomic mass is 16.3. The first-order valence-corrected chi connectivity index (χ1v) is 9.76. The van der Waals surface area contributed by atoms with Gasteiger partial charge in [0.25, 0.3) is 0 Å². The molecule has 0 amide bonds. The Morgan fingerprint density at radius 1 is 1.37 bits per heavy atom. The zero-order chi connectivity index (χ0) is 19.8. The maximum Gasteiger partial charge on any atom is 0.194 e. The highest BCUT2D eigenvalue weighted by molar-refractivity contribution is 6.01. The first-order chi connectivity index (χ1) is 12.6. The van der Waals surface area contributed by atoms with Gasteiger partial charge in [-0.05, 0) is 55.2 Å². The van der Waals surface area contributed by atoms with E-state index >= 15 is 0 Å². The number of carbonyl (C=O) groups excluding carboxylic acids is 2. The number of carbonyl (C=O) groups is 2. The predicted molar refractivity (Wildman–Crippen MR) is 99.6 cm³/mol. The van der Waals surface area contributed by atoms with E-state index < -0.39 is 29.5 Å². The Labute approximate surface area is 159 Å². The van der Waals surface area contributed by atoms with E-state index in [4.69, 9.17) is 0 Å². The van der Waals surface area contributed by atoms with E-state index in [1.54, 1.807) is 12.2 Å². The number of ketones is 2. The van der Waals surface area contributed by atoms with Crippen LogP contribution in [0.4, 0.5) is 0 Å². The van der Waals surface area contributed by atoms with Crippen LogP contribution in [-0.2, 0) is 9.59 Å². The Morgan fingerprint density at radius 3 is 2.74 bits per heavy atom. The van der Waals surface area contributed by atoms with Crippen molar-refractivity contribution >= 4 is 11.6 Å². The summed E-state index contributed by atoms with van der Waals surface area (Å²) >= 11 is 0. The van der Waals surface area contributed by atoms with Crippen LogP contribution in [-0.4, -0.2) is 45.2 Å². The number of aliphatic hydroxyl groups excluding tert-OH is 2. The van der Waals surface area contributed by atoms with Crippen LogP contribution in [0.15, 0.2) is 36.0 Å². The van der Waals surface area contributed by atoms with E-state index in [9.17, 15) is 24.9 Å². The van der Waals surface area contributed by atoms with Crippen LogP contribution in [0, 0.1) is 28.6 Å². The minimum absolute atomic E-state index is 0.00306. The summed E-state index contributed by atoms with van der Waals surface area (Å²) in [5.41, 5.74) is -1.52. The quantitative estimate of drug-likeness (QED) is 0.642. The molecule has 0 saturated heterocycles. The van der Waals surface area contributed by atoms with Crippen molar-refractivity contribution in [3.8, 4) is 0 Å². The van der Waals surface area contributed by atoms with Crippen LogP contribution in [0.3, 0.4) is 0 Å². The van der Waals surface area contributed by atoms with Gasteiger partial charge in [0.15, 0.2) is 17.2 Å². The van der Waals surface area contributed by atoms with Gasteiger partial charge in [0.05, 0.1) is 6.10 Å². The van der Waals surface area contributed by atoms with Crippen LogP contribution in [0.2, 0.25) is 0 Å². The first kappa shape index (κ1) is 18.8. The number of aliphatic hydroxyl groups is 3. The lowest BCUT2D eigenvalue weighted by Gasteiger charge is -2.59. The lowest BCUT2D eigenvalue weighted by atomic mass is 9.46. The molecular formula is C22H28O5. The van der Waals surface area contributed by atoms with Crippen molar-refractivity contribution in [3.05, 3.63) is 36.0 Å². The van der Waals surface area contributed by atoms with Gasteiger partial charge in [-0.2, -0.15) is 0 Å². The third-order valence-corrected chi connectivity index (χ3v) is 8.24. The van der Waals surface area contributed by atoms with Crippen LogP contribution >= 0.6 is 0 Å². The standard InChI is InChI=1S/C22H28O5/c1-12-8-16-15-5-4-13-9-14(24)6-7-20(13,2)19(15)17(25)10-21(16,3)22(12,27)18(26)11-23/h6-7,9,15-17,19,23,25,27H,1,4-5,8,10-11H2,2-3H3/t15?,16?,17?,19?,20-,21-,22-/m0/s1. The van der Waals surface area contributed by atoms with Gasteiger partial charge in [-0.1, -0.05) is 32.1 Å². The largest absolute Gasteiger partial charge is 0.393 e. The van der Waals surface area contributed by atoms with Gasteiger partial charge >= 0.3 is 0 Å². The van der Waals surface area contributed by atoms with Crippen molar-refractivity contribution in [1.82, 2.24) is 0 Å². The van der Waals surface area contributed by atoms with E-state index in [0.29, 0.717) is 12.0 Å². The van der Waals surface area contributed by atoms with Crippen molar-refractivity contribution in [2.24, 2.45) is 28.6 Å². The van der Waals surface area contributed by atoms with E-state index in [2.05, 4.69) is 13.5 Å². The van der Waals surface area contributed by atoms with Gasteiger partial charge in [0.1, 0.15) is 6.61 Å². The predicted octanol–water partition coefficient (Wildman–Crippen LogP) is 1.72. The zero-order valence-corrected chi connectivity index (χ0v) is 15.9.